The van der Waals surface area contributed by atoms with Gasteiger partial charge in [0.1, 0.15) is 12.6 Å². The highest BCUT2D eigenvalue weighted by Crippen LogP contribution is 2.31. The minimum atomic E-state index is 0.406. The van der Waals surface area contributed by atoms with Crippen molar-refractivity contribution in [1.82, 2.24) is 9.97 Å². The van der Waals surface area contributed by atoms with Gasteiger partial charge in [0.15, 0.2) is 5.13 Å². The summed E-state index contributed by atoms with van der Waals surface area (Å²) in [6.07, 6.45) is 8.67. The van der Waals surface area contributed by atoms with Crippen LogP contribution in [0.2, 0.25) is 0 Å². The minimum Gasteiger partial charge on any atom is -0.388 e. The van der Waals surface area contributed by atoms with E-state index in [4.69, 9.17) is 0 Å². The number of hydrogen-bond acceptors (Lipinski definition) is 8. The van der Waals surface area contributed by atoms with Gasteiger partial charge in [-0.2, -0.15) is 0 Å². The lowest BCUT2D eigenvalue weighted by Crippen LogP contribution is -2.06. The maximum absolute atomic E-state index is 10.2. The first-order valence-corrected chi connectivity index (χ1v) is 12.9. The van der Waals surface area contributed by atoms with Gasteiger partial charge in [0, 0.05) is 37.5 Å². The second kappa shape index (κ2) is 14.5. The van der Waals surface area contributed by atoms with E-state index in [2.05, 4.69) is 26.0 Å². The van der Waals surface area contributed by atoms with E-state index in [0.29, 0.717) is 12.3 Å². The fourth-order valence-electron chi connectivity index (χ4n) is 3.48. The number of benzene rings is 1. The molecule has 1 saturated carbocycles. The first-order valence-electron chi connectivity index (χ1n) is 11.2. The van der Waals surface area contributed by atoms with Gasteiger partial charge < -0.3 is 20.2 Å². The topological polar surface area (TPSA) is 84.0 Å². The summed E-state index contributed by atoms with van der Waals surface area (Å²) in [5.74, 6) is 0.406. The van der Waals surface area contributed by atoms with Gasteiger partial charge in [0.25, 0.3) is 0 Å². The van der Waals surface area contributed by atoms with E-state index in [1.807, 2.05) is 52.2 Å². The van der Waals surface area contributed by atoms with Crippen LogP contribution in [0.5, 0.6) is 0 Å². The Morgan fingerprint density at radius 2 is 1.82 bits per heavy atom. The maximum Gasteiger partial charge on any atom is 0.182 e. The smallest absolute Gasteiger partial charge is 0.182 e. The van der Waals surface area contributed by atoms with E-state index in [-0.39, 0.29) is 0 Å². The zero-order valence-corrected chi connectivity index (χ0v) is 21.5. The molecule has 1 aromatic carbocycles. The SMILES string of the molecule is CNc1cccc(CC=O)c1.CNc1nc(-c2sc(C)nc2C)cs1.O=CC1CCCCC1. The van der Waals surface area contributed by atoms with Crippen molar-refractivity contribution in [2.45, 2.75) is 52.4 Å². The zero-order chi connectivity index (χ0) is 24.1. The molecule has 0 amide bonds. The van der Waals surface area contributed by atoms with E-state index >= 15 is 0 Å². The van der Waals surface area contributed by atoms with Crippen molar-refractivity contribution in [2.75, 3.05) is 24.7 Å². The van der Waals surface area contributed by atoms with Gasteiger partial charge in [-0.15, -0.1) is 22.7 Å². The standard InChI is InChI=1S/C9H11N3S2.C9H11NO.C7H12O/c1-5-8(14-6(2)11-5)7-4-13-9(10-3)12-7;1-10-9-4-2-3-8(7-9)5-6-11;8-6-7-4-2-1-3-5-7/h4H,1-3H3,(H,10,12);2-4,6-7,10H,5H2,1H3;6-7H,1-5H2. The molecule has 33 heavy (non-hydrogen) atoms. The number of nitrogens with zero attached hydrogens (tertiary/aromatic N) is 2. The average Bonchev–Trinajstić information content (AvgIpc) is 3.46. The Morgan fingerprint density at radius 1 is 1.06 bits per heavy atom. The molecular weight excluding hydrogens is 452 g/mol. The zero-order valence-electron chi connectivity index (χ0n) is 19.9. The molecule has 0 atom stereocenters. The molecule has 2 N–H and O–H groups in total. The van der Waals surface area contributed by atoms with Crippen molar-refractivity contribution < 1.29 is 9.59 Å². The maximum atomic E-state index is 10.2. The van der Waals surface area contributed by atoms with Crippen LogP contribution in [0.3, 0.4) is 0 Å². The van der Waals surface area contributed by atoms with Crippen molar-refractivity contribution in [3.63, 3.8) is 0 Å². The predicted molar refractivity (Wildman–Crippen MR) is 141 cm³/mol. The molecule has 1 fully saturated rings. The Bertz CT molecular complexity index is 994. The number of aldehydes is 2. The second-order valence-corrected chi connectivity index (χ2v) is 9.85. The van der Waals surface area contributed by atoms with E-state index in [0.717, 1.165) is 58.2 Å². The summed E-state index contributed by atoms with van der Waals surface area (Å²) in [7, 11) is 3.74. The summed E-state index contributed by atoms with van der Waals surface area (Å²) in [6, 6.07) is 7.81. The van der Waals surface area contributed by atoms with Gasteiger partial charge in [-0.1, -0.05) is 31.4 Å². The Morgan fingerprint density at radius 3 is 2.33 bits per heavy atom. The molecule has 0 aliphatic heterocycles. The molecule has 1 aliphatic carbocycles. The Labute approximate surface area is 204 Å². The number of aromatic nitrogens is 2. The highest BCUT2D eigenvalue weighted by Gasteiger charge is 2.11. The number of thiazole rings is 2. The number of rotatable bonds is 6. The average molecular weight is 487 g/mol. The number of anilines is 2. The third-order valence-electron chi connectivity index (χ3n) is 5.23. The van der Waals surface area contributed by atoms with Crippen LogP contribution in [-0.2, 0) is 16.0 Å². The van der Waals surface area contributed by atoms with Crippen molar-refractivity contribution in [2.24, 2.45) is 5.92 Å². The van der Waals surface area contributed by atoms with E-state index in [1.54, 1.807) is 22.7 Å². The molecule has 178 valence electrons. The summed E-state index contributed by atoms with van der Waals surface area (Å²) in [6.45, 7) is 4.05. The van der Waals surface area contributed by atoms with Gasteiger partial charge in [-0.05, 0) is 44.4 Å². The fourth-order valence-corrected chi connectivity index (χ4v) is 5.10. The third-order valence-corrected chi connectivity index (χ3v) is 7.19. The van der Waals surface area contributed by atoms with Gasteiger partial charge >= 0.3 is 0 Å². The highest BCUT2D eigenvalue weighted by molar-refractivity contribution is 7.16. The Balaban J connectivity index is 0.000000182. The largest absolute Gasteiger partial charge is 0.388 e. The van der Waals surface area contributed by atoms with Gasteiger partial charge in [-0.3, -0.25) is 0 Å². The molecule has 6 nitrogen and oxygen atoms in total. The van der Waals surface area contributed by atoms with Gasteiger partial charge in [0.2, 0.25) is 0 Å². The van der Waals surface area contributed by atoms with Gasteiger partial charge in [-0.25, -0.2) is 9.97 Å². The summed E-state index contributed by atoms with van der Waals surface area (Å²) in [5, 5.41) is 10.1. The van der Waals surface area contributed by atoms with Crippen LogP contribution in [-0.4, -0.2) is 36.6 Å². The third kappa shape index (κ3) is 9.06. The number of aryl methyl sites for hydroxylation is 2. The molecule has 4 rings (SSSR count). The number of hydrogen-bond donors (Lipinski definition) is 2. The molecule has 2 aromatic heterocycles. The van der Waals surface area contributed by atoms with E-state index < -0.39 is 0 Å². The highest BCUT2D eigenvalue weighted by atomic mass is 32.1. The van der Waals surface area contributed by atoms with Crippen molar-refractivity contribution in [3.05, 3.63) is 45.9 Å². The van der Waals surface area contributed by atoms with Crippen molar-refractivity contribution in [1.29, 1.82) is 0 Å². The molecule has 0 saturated heterocycles. The molecule has 2 heterocycles. The van der Waals surface area contributed by atoms with E-state index in [9.17, 15) is 9.59 Å². The second-order valence-electron chi connectivity index (χ2n) is 7.79. The molecule has 3 aromatic rings. The van der Waals surface area contributed by atoms with Crippen LogP contribution in [0.15, 0.2) is 29.6 Å². The van der Waals surface area contributed by atoms with Crippen molar-refractivity contribution >= 4 is 46.1 Å². The van der Waals surface area contributed by atoms with Gasteiger partial charge in [0.05, 0.1) is 21.3 Å². The molecule has 0 spiro atoms. The van der Waals surface area contributed by atoms with Crippen LogP contribution in [0.1, 0.15) is 48.4 Å². The number of carbonyl (C=O) groups excluding carboxylic acids is 2. The molecule has 1 aliphatic rings. The molecular formula is C25H34N4O2S2. The van der Waals surface area contributed by atoms with Crippen LogP contribution in [0, 0.1) is 19.8 Å². The normalized spacial score (nSPS) is 13.1. The number of nitrogens with one attached hydrogen (secondary N) is 2. The fraction of sp³-hybridized carbons (Fsp3) is 0.440. The molecule has 0 bridgehead atoms. The molecule has 0 radical (unpaired) electrons. The molecule has 0 unspecified atom stereocenters. The summed E-state index contributed by atoms with van der Waals surface area (Å²) in [5.41, 5.74) is 4.19. The first-order chi connectivity index (χ1) is 16.0. The van der Waals surface area contributed by atoms with E-state index in [1.165, 1.54) is 24.1 Å². The minimum absolute atomic E-state index is 0.406. The monoisotopic (exact) mass is 486 g/mol. The van der Waals surface area contributed by atoms with Crippen LogP contribution in [0.25, 0.3) is 10.6 Å². The van der Waals surface area contributed by atoms with Crippen molar-refractivity contribution in [3.8, 4) is 10.6 Å². The molecule has 8 heteroatoms. The Hall–Kier alpha value is -2.58. The quantitative estimate of drug-likeness (QED) is 0.406. The summed E-state index contributed by atoms with van der Waals surface area (Å²) in [4.78, 5) is 30.3. The number of carbonyl (C=O) groups is 2. The summed E-state index contributed by atoms with van der Waals surface area (Å²) < 4.78 is 0. The predicted octanol–water partition coefficient (Wildman–Crippen LogP) is 6.16. The lowest BCUT2D eigenvalue weighted by Gasteiger charge is -2.14. The van der Waals surface area contributed by atoms with Crippen LogP contribution in [0.4, 0.5) is 10.8 Å². The Kier molecular flexibility index (Phi) is 11.8. The van der Waals surface area contributed by atoms with Crippen LogP contribution < -0.4 is 10.6 Å². The first kappa shape index (κ1) is 26.7. The van der Waals surface area contributed by atoms with Crippen LogP contribution >= 0.6 is 22.7 Å². The summed E-state index contributed by atoms with van der Waals surface area (Å²) >= 11 is 3.32. The lowest BCUT2D eigenvalue weighted by molar-refractivity contribution is -0.111. The lowest BCUT2D eigenvalue weighted by atomic mass is 9.91.